The van der Waals surface area contributed by atoms with Gasteiger partial charge in [0.15, 0.2) is 0 Å². The molecule has 1 aromatic rings. The summed E-state index contributed by atoms with van der Waals surface area (Å²) in [6.07, 6.45) is 0.493. The molecule has 0 amide bonds. The third kappa shape index (κ3) is 1.59. The lowest BCUT2D eigenvalue weighted by molar-refractivity contribution is 0.0552. The molecular formula is C11H20N4O. The van der Waals surface area contributed by atoms with Crippen LogP contribution in [-0.2, 0) is 11.8 Å². The molecule has 2 rings (SSSR count). The van der Waals surface area contributed by atoms with Gasteiger partial charge in [-0.2, -0.15) is 0 Å². The molecule has 1 N–H and O–H groups in total. The molecule has 5 nitrogen and oxygen atoms in total. The number of nitrogens with zero attached hydrogens (tertiary/aromatic N) is 3. The standard InChI is InChI=1S/C11H20N4O/c1-6-7(2)16-8(3)9(6)10-13-14-11(12-4)15(10)5/h6-9H,1-5H3,(H,12,14). The fourth-order valence-corrected chi connectivity index (χ4v) is 2.56. The maximum absolute atomic E-state index is 5.84. The van der Waals surface area contributed by atoms with Gasteiger partial charge in [-0.15, -0.1) is 10.2 Å². The number of rotatable bonds is 2. The van der Waals surface area contributed by atoms with Crippen LogP contribution in [-0.4, -0.2) is 34.0 Å². The summed E-state index contributed by atoms with van der Waals surface area (Å²) in [7, 11) is 3.85. The summed E-state index contributed by atoms with van der Waals surface area (Å²) in [6.45, 7) is 6.45. The Morgan fingerprint density at radius 3 is 2.31 bits per heavy atom. The zero-order valence-corrected chi connectivity index (χ0v) is 10.6. The van der Waals surface area contributed by atoms with Crippen molar-refractivity contribution in [1.82, 2.24) is 14.8 Å². The first-order valence-electron chi connectivity index (χ1n) is 5.78. The van der Waals surface area contributed by atoms with E-state index in [2.05, 4.69) is 36.3 Å². The highest BCUT2D eigenvalue weighted by Crippen LogP contribution is 2.39. The number of hydrogen-bond donors (Lipinski definition) is 1. The predicted octanol–water partition coefficient (Wildman–Crippen LogP) is 1.38. The van der Waals surface area contributed by atoms with E-state index in [9.17, 15) is 0 Å². The monoisotopic (exact) mass is 224 g/mol. The van der Waals surface area contributed by atoms with Crippen LogP contribution >= 0.6 is 0 Å². The fourth-order valence-electron chi connectivity index (χ4n) is 2.56. The molecule has 1 aromatic heterocycles. The lowest BCUT2D eigenvalue weighted by Gasteiger charge is -2.17. The second kappa shape index (κ2) is 4.05. The van der Waals surface area contributed by atoms with Gasteiger partial charge >= 0.3 is 0 Å². The van der Waals surface area contributed by atoms with Crippen molar-refractivity contribution >= 4 is 5.95 Å². The van der Waals surface area contributed by atoms with E-state index < -0.39 is 0 Å². The molecule has 1 saturated heterocycles. The summed E-state index contributed by atoms with van der Waals surface area (Å²) < 4.78 is 7.85. The van der Waals surface area contributed by atoms with Crippen molar-refractivity contribution in [3.05, 3.63) is 5.82 Å². The van der Waals surface area contributed by atoms with E-state index in [4.69, 9.17) is 4.74 Å². The Kier molecular flexibility index (Phi) is 2.88. The summed E-state index contributed by atoms with van der Waals surface area (Å²) in [4.78, 5) is 0. The Balaban J connectivity index is 2.33. The van der Waals surface area contributed by atoms with Crippen molar-refractivity contribution in [3.63, 3.8) is 0 Å². The zero-order valence-electron chi connectivity index (χ0n) is 10.6. The van der Waals surface area contributed by atoms with Gasteiger partial charge in [-0.05, 0) is 19.8 Å². The average molecular weight is 224 g/mol. The first kappa shape index (κ1) is 11.4. The van der Waals surface area contributed by atoms with Crippen molar-refractivity contribution in [2.24, 2.45) is 13.0 Å². The molecule has 2 heterocycles. The summed E-state index contributed by atoms with van der Waals surface area (Å²) >= 11 is 0. The van der Waals surface area contributed by atoms with E-state index in [1.54, 1.807) is 0 Å². The van der Waals surface area contributed by atoms with Crippen molar-refractivity contribution < 1.29 is 4.74 Å². The predicted molar refractivity (Wildman–Crippen MR) is 62.5 cm³/mol. The van der Waals surface area contributed by atoms with Gasteiger partial charge in [0.25, 0.3) is 0 Å². The van der Waals surface area contributed by atoms with Gasteiger partial charge in [0.1, 0.15) is 5.82 Å². The third-order valence-corrected chi connectivity index (χ3v) is 3.67. The molecule has 90 valence electrons. The number of aromatic nitrogens is 3. The molecule has 1 aliphatic heterocycles. The Hall–Kier alpha value is -1.10. The van der Waals surface area contributed by atoms with Crippen LogP contribution < -0.4 is 5.32 Å². The molecule has 0 aromatic carbocycles. The molecule has 0 spiro atoms. The highest BCUT2D eigenvalue weighted by molar-refractivity contribution is 5.26. The minimum absolute atomic E-state index is 0.206. The summed E-state index contributed by atoms with van der Waals surface area (Å²) in [6, 6.07) is 0. The van der Waals surface area contributed by atoms with E-state index in [-0.39, 0.29) is 12.2 Å². The van der Waals surface area contributed by atoms with Crippen LogP contribution in [0.2, 0.25) is 0 Å². The summed E-state index contributed by atoms with van der Waals surface area (Å²) in [5.74, 6) is 2.61. The van der Waals surface area contributed by atoms with E-state index in [0.717, 1.165) is 11.8 Å². The molecule has 4 atom stereocenters. The molecule has 1 fully saturated rings. The van der Waals surface area contributed by atoms with Crippen LogP contribution in [0.5, 0.6) is 0 Å². The Bertz CT molecular complexity index is 376. The molecule has 4 unspecified atom stereocenters. The van der Waals surface area contributed by atoms with Gasteiger partial charge < -0.3 is 14.6 Å². The second-order valence-electron chi connectivity index (χ2n) is 4.62. The summed E-state index contributed by atoms with van der Waals surface area (Å²) in [5, 5.41) is 11.4. The van der Waals surface area contributed by atoms with Gasteiger partial charge in [0, 0.05) is 14.1 Å². The first-order chi connectivity index (χ1) is 7.56. The van der Waals surface area contributed by atoms with E-state index >= 15 is 0 Å². The molecule has 16 heavy (non-hydrogen) atoms. The smallest absolute Gasteiger partial charge is 0.224 e. The Morgan fingerprint density at radius 2 is 1.88 bits per heavy atom. The lowest BCUT2D eigenvalue weighted by Crippen LogP contribution is -2.19. The van der Waals surface area contributed by atoms with Crippen LogP contribution in [0, 0.1) is 5.92 Å². The van der Waals surface area contributed by atoms with Gasteiger partial charge in [0.2, 0.25) is 5.95 Å². The zero-order chi connectivity index (χ0) is 11.9. The molecular weight excluding hydrogens is 204 g/mol. The largest absolute Gasteiger partial charge is 0.374 e. The molecule has 0 bridgehead atoms. The topological polar surface area (TPSA) is 52.0 Å². The fraction of sp³-hybridized carbons (Fsp3) is 0.818. The van der Waals surface area contributed by atoms with Crippen LogP contribution in [0.4, 0.5) is 5.95 Å². The van der Waals surface area contributed by atoms with Crippen molar-refractivity contribution in [2.75, 3.05) is 12.4 Å². The minimum atomic E-state index is 0.206. The Morgan fingerprint density at radius 1 is 1.19 bits per heavy atom. The van der Waals surface area contributed by atoms with Crippen molar-refractivity contribution in [3.8, 4) is 0 Å². The highest BCUT2D eigenvalue weighted by atomic mass is 16.5. The molecule has 0 saturated carbocycles. The quantitative estimate of drug-likeness (QED) is 0.824. The van der Waals surface area contributed by atoms with Crippen LogP contribution in [0.3, 0.4) is 0 Å². The lowest BCUT2D eigenvalue weighted by atomic mass is 9.89. The van der Waals surface area contributed by atoms with E-state index in [1.165, 1.54) is 0 Å². The van der Waals surface area contributed by atoms with Crippen molar-refractivity contribution in [2.45, 2.75) is 38.9 Å². The Labute approximate surface area is 96.2 Å². The average Bonchev–Trinajstić information content (AvgIpc) is 2.70. The minimum Gasteiger partial charge on any atom is -0.374 e. The van der Waals surface area contributed by atoms with Gasteiger partial charge in [-0.25, -0.2) is 0 Å². The molecule has 0 aliphatic carbocycles. The maximum atomic E-state index is 5.84. The van der Waals surface area contributed by atoms with Gasteiger partial charge in [-0.3, -0.25) is 0 Å². The van der Waals surface area contributed by atoms with Gasteiger partial charge in [-0.1, -0.05) is 6.92 Å². The second-order valence-corrected chi connectivity index (χ2v) is 4.62. The molecule has 5 heteroatoms. The van der Waals surface area contributed by atoms with Crippen LogP contribution in [0.1, 0.15) is 32.5 Å². The summed E-state index contributed by atoms with van der Waals surface area (Å²) in [5.41, 5.74) is 0. The SMILES string of the molecule is CNc1nnc(C2C(C)OC(C)C2C)n1C. The number of nitrogens with one attached hydrogen (secondary N) is 1. The van der Waals surface area contributed by atoms with Gasteiger partial charge in [0.05, 0.1) is 18.1 Å². The first-order valence-corrected chi connectivity index (χ1v) is 5.78. The van der Waals surface area contributed by atoms with Crippen molar-refractivity contribution in [1.29, 1.82) is 0 Å². The van der Waals surface area contributed by atoms with Crippen LogP contribution in [0.25, 0.3) is 0 Å². The number of hydrogen-bond acceptors (Lipinski definition) is 4. The van der Waals surface area contributed by atoms with E-state index in [1.807, 2.05) is 18.7 Å². The molecule has 0 radical (unpaired) electrons. The number of ether oxygens (including phenoxy) is 1. The normalized spacial score (nSPS) is 34.3. The highest BCUT2D eigenvalue weighted by Gasteiger charge is 2.40. The maximum Gasteiger partial charge on any atom is 0.224 e. The number of anilines is 1. The molecule has 1 aliphatic rings. The third-order valence-electron chi connectivity index (χ3n) is 3.67. The van der Waals surface area contributed by atoms with Crippen LogP contribution in [0.15, 0.2) is 0 Å². The van der Waals surface area contributed by atoms with E-state index in [0.29, 0.717) is 11.8 Å².